The molecule has 1 aromatic heterocycles. The summed E-state index contributed by atoms with van der Waals surface area (Å²) >= 11 is 5.78. The first-order chi connectivity index (χ1) is 10.6. The minimum atomic E-state index is -0.147. The largest absolute Gasteiger partial charge is 0.350 e. The maximum Gasteiger partial charge on any atom is 0.220 e. The number of amides is 1. The predicted molar refractivity (Wildman–Crippen MR) is 85.8 cm³/mol. The molecule has 0 bridgehead atoms. The summed E-state index contributed by atoms with van der Waals surface area (Å²) in [6.45, 7) is 1.90. The first kappa shape index (κ1) is 16.2. The van der Waals surface area contributed by atoms with Crippen LogP contribution in [0.3, 0.4) is 0 Å². The molecule has 1 atom stereocenters. The Morgan fingerprint density at radius 1 is 1.09 bits per heavy atom. The fraction of sp³-hybridized carbons (Fsp3) is 0.235. The van der Waals surface area contributed by atoms with Crippen molar-refractivity contribution < 1.29 is 9.59 Å². The van der Waals surface area contributed by atoms with Gasteiger partial charge in [0, 0.05) is 35.8 Å². The molecular weight excluding hydrogens is 300 g/mol. The Bertz CT molecular complexity index is 641. The van der Waals surface area contributed by atoms with Crippen LogP contribution in [0.15, 0.2) is 48.8 Å². The number of hydrogen-bond donors (Lipinski definition) is 1. The van der Waals surface area contributed by atoms with Crippen molar-refractivity contribution in [1.82, 2.24) is 10.3 Å². The van der Waals surface area contributed by atoms with E-state index in [1.165, 1.54) is 0 Å². The molecule has 5 heteroatoms. The Morgan fingerprint density at radius 3 is 2.36 bits per heavy atom. The summed E-state index contributed by atoms with van der Waals surface area (Å²) in [7, 11) is 0. The van der Waals surface area contributed by atoms with E-state index < -0.39 is 0 Å². The Hall–Kier alpha value is -2.20. The first-order valence-corrected chi connectivity index (χ1v) is 7.42. The normalized spacial score (nSPS) is 11.7. The molecule has 0 saturated heterocycles. The number of carbonyl (C=O) groups is 2. The molecule has 1 aromatic carbocycles. The molecule has 2 aromatic rings. The van der Waals surface area contributed by atoms with E-state index in [0.29, 0.717) is 10.6 Å². The van der Waals surface area contributed by atoms with E-state index in [-0.39, 0.29) is 30.6 Å². The van der Waals surface area contributed by atoms with Crippen LogP contribution in [-0.2, 0) is 4.79 Å². The van der Waals surface area contributed by atoms with Gasteiger partial charge >= 0.3 is 0 Å². The number of pyridine rings is 1. The minimum Gasteiger partial charge on any atom is -0.350 e. The molecule has 1 N–H and O–H groups in total. The fourth-order valence-corrected chi connectivity index (χ4v) is 2.18. The van der Waals surface area contributed by atoms with E-state index in [1.807, 2.05) is 19.1 Å². The van der Waals surface area contributed by atoms with E-state index in [4.69, 9.17) is 11.6 Å². The molecule has 0 radical (unpaired) electrons. The summed E-state index contributed by atoms with van der Waals surface area (Å²) in [5, 5.41) is 3.46. The third-order valence-corrected chi connectivity index (χ3v) is 3.58. The molecule has 0 saturated carbocycles. The van der Waals surface area contributed by atoms with Crippen LogP contribution >= 0.6 is 11.6 Å². The molecule has 4 nitrogen and oxygen atoms in total. The fourth-order valence-electron chi connectivity index (χ4n) is 2.06. The van der Waals surface area contributed by atoms with Crippen molar-refractivity contribution in [2.24, 2.45) is 0 Å². The Kier molecular flexibility index (Phi) is 5.67. The van der Waals surface area contributed by atoms with Crippen molar-refractivity contribution in [3.63, 3.8) is 0 Å². The van der Waals surface area contributed by atoms with Crippen LogP contribution in [0.2, 0.25) is 5.02 Å². The lowest BCUT2D eigenvalue weighted by Crippen LogP contribution is -2.26. The number of aromatic nitrogens is 1. The van der Waals surface area contributed by atoms with Crippen molar-refractivity contribution >= 4 is 23.3 Å². The molecule has 2 rings (SSSR count). The molecule has 0 spiro atoms. The first-order valence-electron chi connectivity index (χ1n) is 7.04. The summed E-state index contributed by atoms with van der Waals surface area (Å²) in [5.74, 6) is -0.213. The summed E-state index contributed by atoms with van der Waals surface area (Å²) in [5.41, 5.74) is 1.55. The number of nitrogens with zero attached hydrogens (tertiary/aromatic N) is 1. The van der Waals surface area contributed by atoms with Gasteiger partial charge in [-0.1, -0.05) is 11.6 Å². The highest BCUT2D eigenvalue weighted by Gasteiger charge is 2.12. The number of rotatable bonds is 6. The van der Waals surface area contributed by atoms with Gasteiger partial charge in [-0.25, -0.2) is 0 Å². The van der Waals surface area contributed by atoms with Crippen LogP contribution in [-0.4, -0.2) is 16.7 Å². The van der Waals surface area contributed by atoms with Crippen LogP contribution in [0, 0.1) is 0 Å². The van der Waals surface area contributed by atoms with Gasteiger partial charge in [0.15, 0.2) is 5.78 Å². The zero-order valence-electron chi connectivity index (χ0n) is 12.3. The average molecular weight is 317 g/mol. The number of ketones is 1. The molecule has 0 aliphatic carbocycles. The predicted octanol–water partition coefficient (Wildman–Crippen LogP) is 3.58. The topological polar surface area (TPSA) is 59.1 Å². The van der Waals surface area contributed by atoms with E-state index in [0.717, 1.165) is 5.56 Å². The smallest absolute Gasteiger partial charge is 0.220 e. The Balaban J connectivity index is 1.82. The van der Waals surface area contributed by atoms with Gasteiger partial charge in [0.1, 0.15) is 0 Å². The van der Waals surface area contributed by atoms with Gasteiger partial charge in [0.2, 0.25) is 5.91 Å². The highest BCUT2D eigenvalue weighted by Crippen LogP contribution is 2.13. The number of nitrogens with one attached hydrogen (secondary N) is 1. The summed E-state index contributed by atoms with van der Waals surface area (Å²) < 4.78 is 0. The third-order valence-electron chi connectivity index (χ3n) is 3.33. The summed E-state index contributed by atoms with van der Waals surface area (Å²) in [4.78, 5) is 27.8. The van der Waals surface area contributed by atoms with Crippen LogP contribution < -0.4 is 5.32 Å². The molecule has 1 unspecified atom stereocenters. The SMILES string of the molecule is CC(NC(=O)CCC(=O)c1ccc(Cl)cc1)c1ccncc1. The van der Waals surface area contributed by atoms with E-state index in [2.05, 4.69) is 10.3 Å². The van der Waals surface area contributed by atoms with E-state index in [1.54, 1.807) is 36.7 Å². The number of benzene rings is 1. The standard InChI is InChI=1S/C17H17ClN2O2/c1-12(13-8-10-19-11-9-13)20-17(22)7-6-16(21)14-2-4-15(18)5-3-14/h2-5,8-12H,6-7H2,1H3,(H,20,22). The van der Waals surface area contributed by atoms with Gasteiger partial charge in [0.25, 0.3) is 0 Å². The summed E-state index contributed by atoms with van der Waals surface area (Å²) in [6, 6.07) is 10.3. The highest BCUT2D eigenvalue weighted by atomic mass is 35.5. The average Bonchev–Trinajstić information content (AvgIpc) is 2.54. The second kappa shape index (κ2) is 7.71. The molecule has 0 aliphatic heterocycles. The van der Waals surface area contributed by atoms with Gasteiger partial charge in [-0.3, -0.25) is 14.6 Å². The summed E-state index contributed by atoms with van der Waals surface area (Å²) in [6.07, 6.45) is 3.71. The maximum absolute atomic E-state index is 12.0. The quantitative estimate of drug-likeness (QED) is 0.829. The number of carbonyl (C=O) groups excluding carboxylic acids is 2. The van der Waals surface area contributed by atoms with Crippen molar-refractivity contribution in [1.29, 1.82) is 0 Å². The van der Waals surface area contributed by atoms with E-state index >= 15 is 0 Å². The monoisotopic (exact) mass is 316 g/mol. The van der Waals surface area contributed by atoms with Crippen LogP contribution in [0.5, 0.6) is 0 Å². The van der Waals surface area contributed by atoms with Gasteiger partial charge in [-0.2, -0.15) is 0 Å². The van der Waals surface area contributed by atoms with Gasteiger partial charge in [0.05, 0.1) is 6.04 Å². The molecule has 22 heavy (non-hydrogen) atoms. The van der Waals surface area contributed by atoms with Crippen molar-refractivity contribution in [2.45, 2.75) is 25.8 Å². The third kappa shape index (κ3) is 4.67. The zero-order valence-corrected chi connectivity index (χ0v) is 13.0. The van der Waals surface area contributed by atoms with Gasteiger partial charge < -0.3 is 5.32 Å². The van der Waals surface area contributed by atoms with Crippen molar-refractivity contribution in [2.75, 3.05) is 0 Å². The minimum absolute atomic E-state index is 0.0663. The van der Waals surface area contributed by atoms with Crippen LogP contribution in [0.4, 0.5) is 0 Å². The lowest BCUT2D eigenvalue weighted by Gasteiger charge is -2.13. The van der Waals surface area contributed by atoms with E-state index in [9.17, 15) is 9.59 Å². The van der Waals surface area contributed by atoms with Gasteiger partial charge in [-0.05, 0) is 48.9 Å². The van der Waals surface area contributed by atoms with Crippen molar-refractivity contribution in [3.05, 3.63) is 64.9 Å². The lowest BCUT2D eigenvalue weighted by molar-refractivity contribution is -0.121. The molecule has 0 fully saturated rings. The molecular formula is C17H17ClN2O2. The number of halogens is 1. The Labute approximate surface area is 134 Å². The second-order valence-electron chi connectivity index (χ2n) is 5.00. The molecule has 1 heterocycles. The zero-order chi connectivity index (χ0) is 15.9. The van der Waals surface area contributed by atoms with Crippen LogP contribution in [0.1, 0.15) is 41.7 Å². The maximum atomic E-state index is 12.0. The van der Waals surface area contributed by atoms with Gasteiger partial charge in [-0.15, -0.1) is 0 Å². The molecule has 1 amide bonds. The number of hydrogen-bond acceptors (Lipinski definition) is 3. The second-order valence-corrected chi connectivity index (χ2v) is 5.44. The highest BCUT2D eigenvalue weighted by molar-refractivity contribution is 6.30. The molecule has 0 aliphatic rings. The Morgan fingerprint density at radius 2 is 1.73 bits per heavy atom. The molecule has 114 valence electrons. The lowest BCUT2D eigenvalue weighted by atomic mass is 10.1. The number of Topliss-reactive ketones (excluding diaryl/α,β-unsaturated/α-hetero) is 1. The van der Waals surface area contributed by atoms with Crippen LogP contribution in [0.25, 0.3) is 0 Å². The van der Waals surface area contributed by atoms with Crippen molar-refractivity contribution in [3.8, 4) is 0 Å².